The number of para-hydroxylation sites is 1. The van der Waals surface area contributed by atoms with Crippen molar-refractivity contribution in [2.45, 2.75) is 32.5 Å². The van der Waals surface area contributed by atoms with Gasteiger partial charge in [-0.15, -0.1) is 0 Å². The van der Waals surface area contributed by atoms with E-state index < -0.39 is 0 Å². The van der Waals surface area contributed by atoms with Crippen LogP contribution in [0.2, 0.25) is 0 Å². The van der Waals surface area contributed by atoms with E-state index in [0.717, 1.165) is 11.3 Å². The van der Waals surface area contributed by atoms with E-state index in [1.807, 2.05) is 36.4 Å². The van der Waals surface area contributed by atoms with Crippen LogP contribution in [0.15, 0.2) is 67.3 Å². The molecule has 1 atom stereocenters. The lowest BCUT2D eigenvalue weighted by Gasteiger charge is -2.19. The Hall–Kier alpha value is -2.06. The predicted octanol–water partition coefficient (Wildman–Crippen LogP) is 4.96. The number of hydrogen-bond acceptors (Lipinski definition) is 2. The molecule has 22 heavy (non-hydrogen) atoms. The first-order valence-corrected chi connectivity index (χ1v) is 7.70. The standard InChI is InChI=1S/C20H24O2/c1-4-18(15-21-14-17-10-6-5-7-11-17)22-20-13-9-8-12-19(20)16(2)3/h4-13,16,18H,1,14-15H2,2-3H3/t18-/m0/s1. The van der Waals surface area contributed by atoms with Gasteiger partial charge in [-0.25, -0.2) is 0 Å². The van der Waals surface area contributed by atoms with Crippen molar-refractivity contribution in [3.8, 4) is 5.75 Å². The van der Waals surface area contributed by atoms with E-state index in [2.05, 4.69) is 38.6 Å². The summed E-state index contributed by atoms with van der Waals surface area (Å²) in [4.78, 5) is 0. The highest BCUT2D eigenvalue weighted by molar-refractivity contribution is 5.36. The van der Waals surface area contributed by atoms with E-state index in [1.165, 1.54) is 5.56 Å². The average Bonchev–Trinajstić information content (AvgIpc) is 2.55. The molecular formula is C20H24O2. The second kappa shape index (κ2) is 8.40. The van der Waals surface area contributed by atoms with Crippen LogP contribution < -0.4 is 4.74 Å². The van der Waals surface area contributed by atoms with Crippen LogP contribution >= 0.6 is 0 Å². The molecule has 0 aromatic heterocycles. The van der Waals surface area contributed by atoms with Crippen molar-refractivity contribution in [2.24, 2.45) is 0 Å². The van der Waals surface area contributed by atoms with Gasteiger partial charge in [-0.3, -0.25) is 0 Å². The number of hydrogen-bond donors (Lipinski definition) is 0. The Morgan fingerprint density at radius 3 is 2.36 bits per heavy atom. The minimum atomic E-state index is -0.149. The largest absolute Gasteiger partial charge is 0.484 e. The van der Waals surface area contributed by atoms with Gasteiger partial charge in [0, 0.05) is 0 Å². The topological polar surface area (TPSA) is 18.5 Å². The van der Waals surface area contributed by atoms with E-state index in [4.69, 9.17) is 9.47 Å². The fourth-order valence-electron chi connectivity index (χ4n) is 2.25. The zero-order chi connectivity index (χ0) is 15.8. The van der Waals surface area contributed by atoms with Gasteiger partial charge in [-0.2, -0.15) is 0 Å². The Kier molecular flexibility index (Phi) is 6.23. The molecule has 2 heteroatoms. The van der Waals surface area contributed by atoms with Gasteiger partial charge in [-0.1, -0.05) is 69.0 Å². The summed E-state index contributed by atoms with van der Waals surface area (Å²) in [7, 11) is 0. The monoisotopic (exact) mass is 296 g/mol. The van der Waals surface area contributed by atoms with Crippen LogP contribution in [0.4, 0.5) is 0 Å². The van der Waals surface area contributed by atoms with E-state index in [-0.39, 0.29) is 6.10 Å². The SMILES string of the molecule is C=C[C@@H](COCc1ccccc1)Oc1ccccc1C(C)C. The molecule has 0 N–H and O–H groups in total. The van der Waals surface area contributed by atoms with Crippen LogP contribution in [-0.2, 0) is 11.3 Å². The Balaban J connectivity index is 1.91. The molecule has 0 bridgehead atoms. The summed E-state index contributed by atoms with van der Waals surface area (Å²) in [6, 6.07) is 18.3. The van der Waals surface area contributed by atoms with Crippen LogP contribution in [0.25, 0.3) is 0 Å². The highest BCUT2D eigenvalue weighted by Crippen LogP contribution is 2.26. The molecule has 0 fully saturated rings. The minimum absolute atomic E-state index is 0.149. The maximum absolute atomic E-state index is 6.05. The Labute approximate surface area is 133 Å². The molecule has 0 radical (unpaired) electrons. The molecule has 0 unspecified atom stereocenters. The van der Waals surface area contributed by atoms with Crippen LogP contribution in [0.1, 0.15) is 30.9 Å². The fourth-order valence-corrected chi connectivity index (χ4v) is 2.25. The Morgan fingerprint density at radius 1 is 1.00 bits per heavy atom. The zero-order valence-electron chi connectivity index (χ0n) is 13.4. The third-order valence-electron chi connectivity index (χ3n) is 3.48. The average molecular weight is 296 g/mol. The first kappa shape index (κ1) is 16.3. The minimum Gasteiger partial charge on any atom is -0.484 e. The van der Waals surface area contributed by atoms with Crippen LogP contribution in [-0.4, -0.2) is 12.7 Å². The highest BCUT2D eigenvalue weighted by atomic mass is 16.5. The molecular weight excluding hydrogens is 272 g/mol. The van der Waals surface area contributed by atoms with Crippen molar-refractivity contribution >= 4 is 0 Å². The van der Waals surface area contributed by atoms with Crippen molar-refractivity contribution in [3.63, 3.8) is 0 Å². The number of benzene rings is 2. The molecule has 2 aromatic carbocycles. The lowest BCUT2D eigenvalue weighted by molar-refractivity contribution is 0.0605. The van der Waals surface area contributed by atoms with Crippen LogP contribution in [0, 0.1) is 0 Å². The predicted molar refractivity (Wildman–Crippen MR) is 91.2 cm³/mol. The summed E-state index contributed by atoms with van der Waals surface area (Å²) in [6.45, 7) is 9.25. The molecule has 116 valence electrons. The molecule has 0 saturated heterocycles. The van der Waals surface area contributed by atoms with Gasteiger partial charge in [0.05, 0.1) is 13.2 Å². The second-order valence-corrected chi connectivity index (χ2v) is 5.59. The Morgan fingerprint density at radius 2 is 1.68 bits per heavy atom. The molecule has 0 aliphatic heterocycles. The fraction of sp³-hybridized carbons (Fsp3) is 0.300. The zero-order valence-corrected chi connectivity index (χ0v) is 13.4. The normalized spacial score (nSPS) is 12.1. The van der Waals surface area contributed by atoms with Crippen molar-refractivity contribution < 1.29 is 9.47 Å². The van der Waals surface area contributed by atoms with Crippen molar-refractivity contribution in [2.75, 3.05) is 6.61 Å². The third kappa shape index (κ3) is 4.74. The summed E-state index contributed by atoms with van der Waals surface area (Å²) in [5, 5.41) is 0. The van der Waals surface area contributed by atoms with Crippen molar-refractivity contribution in [1.29, 1.82) is 0 Å². The van der Waals surface area contributed by atoms with Gasteiger partial charge >= 0.3 is 0 Å². The quantitative estimate of drug-likeness (QED) is 0.641. The highest BCUT2D eigenvalue weighted by Gasteiger charge is 2.12. The van der Waals surface area contributed by atoms with Gasteiger partial charge < -0.3 is 9.47 Å². The molecule has 0 spiro atoms. The Bertz CT molecular complexity index is 575. The number of ether oxygens (including phenoxy) is 2. The number of rotatable bonds is 8. The molecule has 0 aliphatic carbocycles. The molecule has 2 nitrogen and oxygen atoms in total. The molecule has 0 amide bonds. The summed E-state index contributed by atoms with van der Waals surface area (Å²) in [5.74, 6) is 1.33. The first-order valence-electron chi connectivity index (χ1n) is 7.70. The second-order valence-electron chi connectivity index (χ2n) is 5.59. The van der Waals surface area contributed by atoms with Crippen LogP contribution in [0.3, 0.4) is 0 Å². The van der Waals surface area contributed by atoms with E-state index in [0.29, 0.717) is 19.1 Å². The molecule has 0 heterocycles. The molecule has 2 rings (SSSR count). The van der Waals surface area contributed by atoms with Gasteiger partial charge in [0.25, 0.3) is 0 Å². The van der Waals surface area contributed by atoms with Gasteiger partial charge in [0.1, 0.15) is 11.9 Å². The first-order chi connectivity index (χ1) is 10.7. The summed E-state index contributed by atoms with van der Waals surface area (Å²) >= 11 is 0. The van der Waals surface area contributed by atoms with E-state index in [1.54, 1.807) is 6.08 Å². The van der Waals surface area contributed by atoms with E-state index in [9.17, 15) is 0 Å². The molecule has 0 saturated carbocycles. The van der Waals surface area contributed by atoms with E-state index >= 15 is 0 Å². The van der Waals surface area contributed by atoms with Gasteiger partial charge in [0.15, 0.2) is 0 Å². The maximum atomic E-state index is 6.05. The summed E-state index contributed by atoms with van der Waals surface area (Å²) in [6.07, 6.45) is 1.64. The third-order valence-corrected chi connectivity index (χ3v) is 3.48. The van der Waals surface area contributed by atoms with Gasteiger partial charge in [0.2, 0.25) is 0 Å². The lowest BCUT2D eigenvalue weighted by atomic mass is 10.0. The smallest absolute Gasteiger partial charge is 0.140 e. The molecule has 0 aliphatic rings. The van der Waals surface area contributed by atoms with Crippen molar-refractivity contribution in [3.05, 3.63) is 78.4 Å². The maximum Gasteiger partial charge on any atom is 0.140 e. The summed E-state index contributed by atoms with van der Waals surface area (Å²) in [5.41, 5.74) is 2.37. The van der Waals surface area contributed by atoms with Crippen molar-refractivity contribution in [1.82, 2.24) is 0 Å². The summed E-state index contributed by atoms with van der Waals surface area (Å²) < 4.78 is 11.8. The van der Waals surface area contributed by atoms with Gasteiger partial charge in [-0.05, 0) is 29.2 Å². The van der Waals surface area contributed by atoms with Crippen LogP contribution in [0.5, 0.6) is 5.75 Å². The molecule has 2 aromatic rings. The lowest BCUT2D eigenvalue weighted by Crippen LogP contribution is -2.21.